The fraction of sp³-hybridized carbons (Fsp3) is 0.565. The molecule has 0 saturated heterocycles. The Bertz CT molecular complexity index is 943. The predicted octanol–water partition coefficient (Wildman–Crippen LogP) is 3.63. The highest BCUT2D eigenvalue weighted by molar-refractivity contribution is 7.99. The summed E-state index contributed by atoms with van der Waals surface area (Å²) in [6.45, 7) is 0.431. The van der Waals surface area contributed by atoms with Crippen LogP contribution in [-0.4, -0.2) is 60.3 Å². The van der Waals surface area contributed by atoms with Crippen molar-refractivity contribution >= 4 is 23.6 Å². The maximum absolute atomic E-state index is 12.3. The van der Waals surface area contributed by atoms with Gasteiger partial charge in [0.2, 0.25) is 5.91 Å². The van der Waals surface area contributed by atoms with Crippen LogP contribution in [0.3, 0.4) is 0 Å². The van der Waals surface area contributed by atoms with E-state index in [1.165, 1.54) is 38.1 Å². The van der Waals surface area contributed by atoms with Crippen LogP contribution in [-0.2, 0) is 14.3 Å². The van der Waals surface area contributed by atoms with Crippen LogP contribution in [0.5, 0.6) is 11.5 Å². The number of benzene rings is 1. The molecule has 1 aliphatic carbocycles. The van der Waals surface area contributed by atoms with E-state index in [2.05, 4.69) is 24.8 Å². The van der Waals surface area contributed by atoms with E-state index in [0.717, 1.165) is 29.4 Å². The number of esters is 1. The summed E-state index contributed by atoms with van der Waals surface area (Å²) in [4.78, 5) is 23.5. The summed E-state index contributed by atoms with van der Waals surface area (Å²) in [5.74, 6) is 1.91. The Labute approximate surface area is 198 Å². The molecule has 1 fully saturated rings. The van der Waals surface area contributed by atoms with Gasteiger partial charge in [0.05, 0.1) is 27.1 Å². The van der Waals surface area contributed by atoms with Crippen molar-refractivity contribution in [3.8, 4) is 22.9 Å². The van der Waals surface area contributed by atoms with Crippen molar-refractivity contribution in [1.82, 2.24) is 20.1 Å². The van der Waals surface area contributed by atoms with Gasteiger partial charge in [0.15, 0.2) is 22.5 Å². The van der Waals surface area contributed by atoms with Crippen LogP contribution in [0.15, 0.2) is 23.4 Å². The molecule has 0 bridgehead atoms. The van der Waals surface area contributed by atoms with Gasteiger partial charge in [-0.1, -0.05) is 31.0 Å². The SMILES string of the molecule is COC(=O)CCCNC(=O)CSc1nnc(-c2ccc(OC)c(OC)c2)n1C1CCCCC1. The zero-order valence-electron chi connectivity index (χ0n) is 19.5. The first-order valence-electron chi connectivity index (χ1n) is 11.2. The third-order valence-corrected chi connectivity index (χ3v) is 6.63. The van der Waals surface area contributed by atoms with Gasteiger partial charge in [0.25, 0.3) is 0 Å². The maximum Gasteiger partial charge on any atom is 0.305 e. The van der Waals surface area contributed by atoms with E-state index in [1.54, 1.807) is 14.2 Å². The van der Waals surface area contributed by atoms with Crippen molar-refractivity contribution in [3.63, 3.8) is 0 Å². The zero-order valence-corrected chi connectivity index (χ0v) is 20.3. The molecule has 1 amide bonds. The van der Waals surface area contributed by atoms with Gasteiger partial charge in [-0.25, -0.2) is 0 Å². The molecule has 10 heteroatoms. The third-order valence-electron chi connectivity index (χ3n) is 5.69. The lowest BCUT2D eigenvalue weighted by Crippen LogP contribution is -2.27. The highest BCUT2D eigenvalue weighted by atomic mass is 32.2. The second-order valence-electron chi connectivity index (χ2n) is 7.86. The summed E-state index contributed by atoms with van der Waals surface area (Å²) >= 11 is 1.38. The summed E-state index contributed by atoms with van der Waals surface area (Å²) in [7, 11) is 4.58. The molecule has 1 aliphatic rings. The van der Waals surface area contributed by atoms with E-state index in [0.29, 0.717) is 30.5 Å². The Kier molecular flexibility index (Phi) is 9.41. The van der Waals surface area contributed by atoms with Crippen molar-refractivity contribution in [2.75, 3.05) is 33.6 Å². The number of hydrogen-bond donors (Lipinski definition) is 1. The number of amides is 1. The lowest BCUT2D eigenvalue weighted by molar-refractivity contribution is -0.140. The number of hydrogen-bond acceptors (Lipinski definition) is 8. The van der Waals surface area contributed by atoms with Crippen LogP contribution < -0.4 is 14.8 Å². The largest absolute Gasteiger partial charge is 0.493 e. The second-order valence-corrected chi connectivity index (χ2v) is 8.80. The number of carbonyl (C=O) groups excluding carboxylic acids is 2. The van der Waals surface area contributed by atoms with E-state index in [9.17, 15) is 9.59 Å². The average Bonchev–Trinajstić information content (AvgIpc) is 3.29. The number of methoxy groups -OCH3 is 3. The van der Waals surface area contributed by atoms with Gasteiger partial charge < -0.3 is 19.5 Å². The topological polar surface area (TPSA) is 105 Å². The fourth-order valence-corrected chi connectivity index (χ4v) is 4.80. The minimum Gasteiger partial charge on any atom is -0.493 e. The number of rotatable bonds is 11. The van der Waals surface area contributed by atoms with E-state index >= 15 is 0 Å². The standard InChI is InChI=1S/C23H32N4O5S/c1-30-18-12-11-16(14-19(18)31-2)22-25-26-23(27(22)17-8-5-4-6-9-17)33-15-20(28)24-13-7-10-21(29)32-3/h11-12,14,17H,4-10,13,15H2,1-3H3,(H,24,28). The summed E-state index contributed by atoms with van der Waals surface area (Å²) in [6.07, 6.45) is 6.52. The molecule has 0 radical (unpaired) electrons. The van der Waals surface area contributed by atoms with Gasteiger partial charge in [-0.2, -0.15) is 0 Å². The Hall–Kier alpha value is -2.75. The van der Waals surface area contributed by atoms with Crippen LogP contribution >= 0.6 is 11.8 Å². The second kappa shape index (κ2) is 12.5. The Morgan fingerprint density at radius 2 is 1.85 bits per heavy atom. The lowest BCUT2D eigenvalue weighted by atomic mass is 9.95. The minimum absolute atomic E-state index is 0.101. The molecule has 180 valence electrons. The molecule has 0 aliphatic heterocycles. The number of thioether (sulfide) groups is 1. The summed E-state index contributed by atoms with van der Waals surface area (Å²) in [5.41, 5.74) is 0.893. The molecule has 33 heavy (non-hydrogen) atoms. The lowest BCUT2D eigenvalue weighted by Gasteiger charge is -2.25. The van der Waals surface area contributed by atoms with Crippen molar-refractivity contribution in [2.24, 2.45) is 0 Å². The van der Waals surface area contributed by atoms with Crippen LogP contribution in [0.25, 0.3) is 11.4 Å². The fourth-order valence-electron chi connectivity index (χ4n) is 3.96. The Balaban J connectivity index is 1.74. The van der Waals surface area contributed by atoms with Crippen molar-refractivity contribution < 1.29 is 23.8 Å². The molecule has 0 unspecified atom stereocenters. The van der Waals surface area contributed by atoms with Crippen LogP contribution in [0.2, 0.25) is 0 Å². The van der Waals surface area contributed by atoms with Gasteiger partial charge in [0, 0.05) is 24.6 Å². The zero-order chi connectivity index (χ0) is 23.6. The van der Waals surface area contributed by atoms with Gasteiger partial charge in [-0.3, -0.25) is 14.2 Å². The molecular weight excluding hydrogens is 444 g/mol. The number of nitrogens with zero attached hydrogens (tertiary/aromatic N) is 3. The highest BCUT2D eigenvalue weighted by Crippen LogP contribution is 2.38. The van der Waals surface area contributed by atoms with Gasteiger partial charge in [-0.05, 0) is 37.5 Å². The summed E-state index contributed by atoms with van der Waals surface area (Å²) < 4.78 is 17.6. The van der Waals surface area contributed by atoms with Gasteiger partial charge in [0.1, 0.15) is 0 Å². The third kappa shape index (κ3) is 6.63. The molecule has 0 atom stereocenters. The number of nitrogens with one attached hydrogen (secondary N) is 1. The number of ether oxygens (including phenoxy) is 3. The molecule has 2 aromatic rings. The predicted molar refractivity (Wildman–Crippen MR) is 126 cm³/mol. The van der Waals surface area contributed by atoms with Crippen molar-refractivity contribution in [1.29, 1.82) is 0 Å². The van der Waals surface area contributed by atoms with Crippen LogP contribution in [0.1, 0.15) is 51.0 Å². The first kappa shape index (κ1) is 24.9. The first-order chi connectivity index (χ1) is 16.1. The van der Waals surface area contributed by atoms with Crippen LogP contribution in [0.4, 0.5) is 0 Å². The van der Waals surface area contributed by atoms with E-state index in [1.807, 2.05) is 18.2 Å². The van der Waals surface area contributed by atoms with E-state index < -0.39 is 0 Å². The first-order valence-corrected chi connectivity index (χ1v) is 12.2. The number of aromatic nitrogens is 3. The van der Waals surface area contributed by atoms with E-state index in [4.69, 9.17) is 9.47 Å². The maximum atomic E-state index is 12.3. The molecule has 1 saturated carbocycles. The molecule has 3 rings (SSSR count). The van der Waals surface area contributed by atoms with Crippen LogP contribution in [0, 0.1) is 0 Å². The monoisotopic (exact) mass is 476 g/mol. The smallest absolute Gasteiger partial charge is 0.305 e. The molecule has 1 N–H and O–H groups in total. The highest BCUT2D eigenvalue weighted by Gasteiger charge is 2.25. The Morgan fingerprint density at radius 3 is 2.55 bits per heavy atom. The summed E-state index contributed by atoms with van der Waals surface area (Å²) in [6, 6.07) is 6.02. The average molecular weight is 477 g/mol. The van der Waals surface area contributed by atoms with Gasteiger partial charge in [-0.15, -0.1) is 10.2 Å². The van der Waals surface area contributed by atoms with Gasteiger partial charge >= 0.3 is 5.97 Å². The number of carbonyl (C=O) groups is 2. The molecule has 1 aromatic heterocycles. The molecular formula is C23H32N4O5S. The summed E-state index contributed by atoms with van der Waals surface area (Å²) in [5, 5.41) is 12.5. The minimum atomic E-state index is -0.276. The molecule has 0 spiro atoms. The molecule has 9 nitrogen and oxygen atoms in total. The normalized spacial score (nSPS) is 14.0. The van der Waals surface area contributed by atoms with Crippen molar-refractivity contribution in [2.45, 2.75) is 56.1 Å². The quantitative estimate of drug-likeness (QED) is 0.298. The van der Waals surface area contributed by atoms with E-state index in [-0.39, 0.29) is 24.1 Å². The van der Waals surface area contributed by atoms with Crippen molar-refractivity contribution in [3.05, 3.63) is 18.2 Å². The molecule has 1 aromatic carbocycles. The molecule has 1 heterocycles. The Morgan fingerprint density at radius 1 is 1.09 bits per heavy atom.